The number of carboxylic acids is 1. The first-order valence-electron chi connectivity index (χ1n) is 7.74. The van der Waals surface area contributed by atoms with Crippen LogP contribution in [0.25, 0.3) is 0 Å². The van der Waals surface area contributed by atoms with E-state index in [4.69, 9.17) is 9.52 Å². The zero-order valence-corrected chi connectivity index (χ0v) is 12.2. The summed E-state index contributed by atoms with van der Waals surface area (Å²) in [5.74, 6) is 0.422. The van der Waals surface area contributed by atoms with Crippen molar-refractivity contribution in [2.75, 3.05) is 0 Å². The fourth-order valence-electron chi connectivity index (χ4n) is 4.09. The Morgan fingerprint density at radius 3 is 2.43 bits per heavy atom. The predicted molar refractivity (Wildman–Crippen MR) is 76.6 cm³/mol. The molecule has 0 atom stereocenters. The molecule has 1 heterocycles. The monoisotopic (exact) mass is 293 g/mol. The zero-order chi connectivity index (χ0) is 14.9. The highest BCUT2D eigenvalue weighted by Crippen LogP contribution is 2.56. The molecule has 116 valence electrons. The van der Waals surface area contributed by atoms with E-state index in [1.165, 1.54) is 32.1 Å². The van der Waals surface area contributed by atoms with Crippen LogP contribution in [0.5, 0.6) is 0 Å². The Morgan fingerprint density at radius 2 is 1.86 bits per heavy atom. The van der Waals surface area contributed by atoms with Crippen molar-refractivity contribution < 1.29 is 19.4 Å². The van der Waals surface area contributed by atoms with Crippen LogP contribution < -0.4 is 5.32 Å². The van der Waals surface area contributed by atoms with Gasteiger partial charge in [-0.05, 0) is 43.2 Å². The Bertz CT molecular complexity index is 508. The van der Waals surface area contributed by atoms with Crippen LogP contribution >= 0.6 is 0 Å². The highest BCUT2D eigenvalue weighted by Gasteiger charge is 2.58. The van der Waals surface area contributed by atoms with Gasteiger partial charge in [-0.15, -0.1) is 0 Å². The van der Waals surface area contributed by atoms with Crippen molar-refractivity contribution in [2.45, 2.75) is 63.6 Å². The van der Waals surface area contributed by atoms with E-state index in [1.807, 2.05) is 0 Å². The Morgan fingerprint density at radius 1 is 1.19 bits per heavy atom. The number of rotatable bonds is 5. The molecule has 2 fully saturated rings. The Kier molecular flexibility index (Phi) is 3.80. The van der Waals surface area contributed by atoms with Gasteiger partial charge in [0.15, 0.2) is 0 Å². The van der Waals surface area contributed by atoms with Crippen molar-refractivity contribution in [3.8, 4) is 0 Å². The molecule has 0 unspecified atom stereocenters. The van der Waals surface area contributed by atoms with Gasteiger partial charge < -0.3 is 14.6 Å². The van der Waals surface area contributed by atoms with E-state index < -0.39 is 11.5 Å². The van der Waals surface area contributed by atoms with E-state index in [1.54, 1.807) is 12.1 Å². The van der Waals surface area contributed by atoms with Crippen LogP contribution in [0.4, 0.5) is 0 Å². The molecule has 2 aliphatic carbocycles. The first-order valence-corrected chi connectivity index (χ1v) is 7.74. The predicted octanol–water partition coefficient (Wildman–Crippen LogP) is 2.43. The number of hydrogen-bond acceptors (Lipinski definition) is 4. The van der Waals surface area contributed by atoms with Crippen molar-refractivity contribution in [3.05, 3.63) is 23.7 Å². The lowest BCUT2D eigenvalue weighted by Crippen LogP contribution is -2.65. The summed E-state index contributed by atoms with van der Waals surface area (Å²) in [6.45, 7) is 0.259. The molecule has 1 aromatic rings. The van der Waals surface area contributed by atoms with Crippen molar-refractivity contribution in [3.63, 3.8) is 0 Å². The normalized spacial score (nSPS) is 22.9. The molecule has 0 amide bonds. The Labute approximate surface area is 124 Å². The number of carbonyl (C=O) groups is 1. The molecule has 2 aliphatic rings. The number of hydrogen-bond donors (Lipinski definition) is 3. The molecule has 21 heavy (non-hydrogen) atoms. The summed E-state index contributed by atoms with van der Waals surface area (Å²) in [7, 11) is 0. The number of nitrogens with one attached hydrogen (secondary N) is 1. The second-order valence-electron chi connectivity index (χ2n) is 6.68. The third-order valence-electron chi connectivity index (χ3n) is 5.15. The number of aliphatic hydroxyl groups excluding tert-OH is 1. The van der Waals surface area contributed by atoms with Crippen molar-refractivity contribution in [1.82, 2.24) is 5.32 Å². The summed E-state index contributed by atoms with van der Waals surface area (Å²) in [6.07, 6.45) is 7.52. The summed E-state index contributed by atoms with van der Waals surface area (Å²) >= 11 is 0. The van der Waals surface area contributed by atoms with Gasteiger partial charge in [-0.25, -0.2) is 0 Å². The number of furan rings is 1. The van der Waals surface area contributed by atoms with Crippen molar-refractivity contribution in [2.24, 2.45) is 5.41 Å². The maximum absolute atomic E-state index is 11.7. The lowest BCUT2D eigenvalue weighted by molar-refractivity contribution is -0.159. The van der Waals surface area contributed by atoms with Crippen LogP contribution in [0, 0.1) is 5.41 Å². The van der Waals surface area contributed by atoms with E-state index in [0.29, 0.717) is 18.1 Å². The molecule has 0 aromatic carbocycles. The molecular formula is C16H23NO4. The quantitative estimate of drug-likeness (QED) is 0.776. The van der Waals surface area contributed by atoms with E-state index in [2.05, 4.69) is 5.32 Å². The maximum Gasteiger partial charge on any atom is 0.323 e. The maximum atomic E-state index is 11.7. The molecular weight excluding hydrogens is 270 g/mol. The minimum absolute atomic E-state index is 0.132. The van der Waals surface area contributed by atoms with E-state index in [0.717, 1.165) is 12.8 Å². The van der Waals surface area contributed by atoms with Crippen LogP contribution in [0.1, 0.15) is 56.5 Å². The first kappa shape index (κ1) is 14.6. The molecule has 0 aliphatic heterocycles. The van der Waals surface area contributed by atoms with Crippen LogP contribution in [-0.2, 0) is 17.9 Å². The molecule has 5 heteroatoms. The fourth-order valence-corrected chi connectivity index (χ4v) is 4.09. The molecule has 1 spiro atoms. The van der Waals surface area contributed by atoms with Crippen LogP contribution in [0.15, 0.2) is 16.5 Å². The fraction of sp³-hybridized carbons (Fsp3) is 0.688. The standard InChI is InChI=1S/C16H23NO4/c18-9-13-5-4-12(21-13)8-17-16(14(19)20)10-15(11-16)6-2-1-3-7-15/h4-5,17-18H,1-3,6-11H2,(H,19,20). The third-order valence-corrected chi connectivity index (χ3v) is 5.15. The van der Waals surface area contributed by atoms with Gasteiger partial charge in [-0.3, -0.25) is 10.1 Å². The number of aliphatic hydroxyl groups is 1. The summed E-state index contributed by atoms with van der Waals surface area (Å²) in [6, 6.07) is 3.50. The molecule has 0 saturated heterocycles. The van der Waals surface area contributed by atoms with E-state index in [9.17, 15) is 9.90 Å². The van der Waals surface area contributed by atoms with Crippen LogP contribution in [0.2, 0.25) is 0 Å². The lowest BCUT2D eigenvalue weighted by Gasteiger charge is -2.56. The molecule has 0 radical (unpaired) electrons. The lowest BCUT2D eigenvalue weighted by atomic mass is 9.52. The van der Waals surface area contributed by atoms with Gasteiger partial charge >= 0.3 is 5.97 Å². The SMILES string of the molecule is O=C(O)C1(NCc2ccc(CO)o2)CC2(CCCCC2)C1. The van der Waals surface area contributed by atoms with Gasteiger partial charge in [-0.2, -0.15) is 0 Å². The average Bonchev–Trinajstić information content (AvgIpc) is 2.91. The molecule has 3 N–H and O–H groups in total. The Hall–Kier alpha value is -1.33. The van der Waals surface area contributed by atoms with Gasteiger partial charge in [0.1, 0.15) is 23.7 Å². The van der Waals surface area contributed by atoms with Gasteiger partial charge in [-0.1, -0.05) is 19.3 Å². The zero-order valence-electron chi connectivity index (χ0n) is 12.2. The first-order chi connectivity index (χ1) is 10.1. The molecule has 5 nitrogen and oxygen atoms in total. The third kappa shape index (κ3) is 2.72. The summed E-state index contributed by atoms with van der Waals surface area (Å²) in [4.78, 5) is 11.7. The molecule has 2 saturated carbocycles. The summed E-state index contributed by atoms with van der Waals surface area (Å²) in [5, 5.41) is 21.8. The van der Waals surface area contributed by atoms with E-state index in [-0.39, 0.29) is 12.0 Å². The highest BCUT2D eigenvalue weighted by atomic mass is 16.4. The molecule has 3 rings (SSSR count). The van der Waals surface area contributed by atoms with Crippen molar-refractivity contribution >= 4 is 5.97 Å². The highest BCUT2D eigenvalue weighted by molar-refractivity contribution is 5.80. The van der Waals surface area contributed by atoms with E-state index >= 15 is 0 Å². The number of aliphatic carboxylic acids is 1. The molecule has 0 bridgehead atoms. The largest absolute Gasteiger partial charge is 0.480 e. The summed E-state index contributed by atoms with van der Waals surface area (Å²) < 4.78 is 5.41. The minimum Gasteiger partial charge on any atom is -0.480 e. The van der Waals surface area contributed by atoms with Gasteiger partial charge in [0.2, 0.25) is 0 Å². The Balaban J connectivity index is 1.62. The van der Waals surface area contributed by atoms with Crippen LogP contribution in [-0.4, -0.2) is 21.7 Å². The summed E-state index contributed by atoms with van der Waals surface area (Å²) in [5.41, 5.74) is -0.549. The minimum atomic E-state index is -0.802. The van der Waals surface area contributed by atoms with Gasteiger partial charge in [0.05, 0.1) is 6.54 Å². The molecule has 1 aromatic heterocycles. The smallest absolute Gasteiger partial charge is 0.323 e. The number of carboxylic acid groups (broad SMARTS) is 1. The average molecular weight is 293 g/mol. The second kappa shape index (κ2) is 5.46. The van der Waals surface area contributed by atoms with Gasteiger partial charge in [0, 0.05) is 0 Å². The second-order valence-corrected chi connectivity index (χ2v) is 6.68. The van der Waals surface area contributed by atoms with Gasteiger partial charge in [0.25, 0.3) is 0 Å². The topological polar surface area (TPSA) is 82.7 Å². The van der Waals surface area contributed by atoms with Crippen LogP contribution in [0.3, 0.4) is 0 Å². The van der Waals surface area contributed by atoms with Crippen molar-refractivity contribution in [1.29, 1.82) is 0 Å².